The van der Waals surface area contributed by atoms with Crippen LogP contribution in [-0.4, -0.2) is 43.2 Å². The molecule has 1 aliphatic rings. The van der Waals surface area contributed by atoms with Gasteiger partial charge in [-0.2, -0.15) is 20.2 Å². The molecule has 4 rings (SSSR count). The second kappa shape index (κ2) is 7.98. The maximum absolute atomic E-state index is 13.9. The first-order chi connectivity index (χ1) is 14.9. The van der Waals surface area contributed by atoms with Crippen LogP contribution >= 0.6 is 0 Å². The SMILES string of the molecule is Cc1nc(N[C@@H](C)c2cn(-c3ccc(C#N)c(F)c3)cn2)nc(N2C(=O)OC[C@@H]2C)n1. The lowest BCUT2D eigenvalue weighted by molar-refractivity contribution is 0.179. The van der Waals surface area contributed by atoms with E-state index in [2.05, 4.69) is 25.3 Å². The number of anilines is 2. The van der Waals surface area contributed by atoms with Crippen molar-refractivity contribution in [1.29, 1.82) is 5.26 Å². The first-order valence-electron chi connectivity index (χ1n) is 9.55. The van der Waals surface area contributed by atoms with Crippen molar-refractivity contribution in [3.63, 3.8) is 0 Å². The average molecular weight is 422 g/mol. The van der Waals surface area contributed by atoms with Crippen molar-refractivity contribution >= 4 is 18.0 Å². The van der Waals surface area contributed by atoms with Gasteiger partial charge in [0.15, 0.2) is 0 Å². The summed E-state index contributed by atoms with van der Waals surface area (Å²) in [5.41, 5.74) is 1.19. The standard InChI is InChI=1S/C20H19FN8O2/c1-11-9-31-20(30)29(11)19-26-13(3)25-18(27-19)24-12(2)17-8-28(10-23-17)15-5-4-14(7-22)16(21)6-15/h4-6,8,10-12H,9H2,1-3H3,(H,24,25,26,27)/t11-,12-/m0/s1. The molecule has 0 spiro atoms. The molecule has 0 radical (unpaired) electrons. The van der Waals surface area contributed by atoms with E-state index in [9.17, 15) is 9.18 Å². The molecule has 1 fully saturated rings. The molecule has 0 unspecified atom stereocenters. The van der Waals surface area contributed by atoms with E-state index in [1.165, 1.54) is 17.0 Å². The number of benzene rings is 1. The molecule has 0 bridgehead atoms. The zero-order valence-electron chi connectivity index (χ0n) is 17.1. The molecule has 10 nitrogen and oxygen atoms in total. The van der Waals surface area contributed by atoms with Gasteiger partial charge in [0.05, 0.1) is 29.7 Å². The third-order valence-corrected chi connectivity index (χ3v) is 4.80. The molecule has 2 atom stereocenters. The van der Waals surface area contributed by atoms with Gasteiger partial charge in [-0.25, -0.2) is 19.1 Å². The van der Waals surface area contributed by atoms with Crippen molar-refractivity contribution in [3.8, 4) is 11.8 Å². The van der Waals surface area contributed by atoms with Crippen molar-refractivity contribution in [2.75, 3.05) is 16.8 Å². The second-order valence-corrected chi connectivity index (χ2v) is 7.15. The summed E-state index contributed by atoms with van der Waals surface area (Å²) in [6, 6.07) is 5.67. The van der Waals surface area contributed by atoms with E-state index < -0.39 is 11.9 Å². The Hall–Kier alpha value is -4.07. The number of hydrogen-bond acceptors (Lipinski definition) is 8. The third kappa shape index (κ3) is 4.00. The Labute approximate surface area is 177 Å². The first-order valence-corrected chi connectivity index (χ1v) is 9.55. The van der Waals surface area contributed by atoms with Gasteiger partial charge in [-0.3, -0.25) is 0 Å². The maximum Gasteiger partial charge on any atom is 0.417 e. The number of aryl methyl sites for hydroxylation is 1. The highest BCUT2D eigenvalue weighted by Gasteiger charge is 2.33. The Bertz CT molecular complexity index is 1190. The van der Waals surface area contributed by atoms with Crippen LogP contribution in [-0.2, 0) is 4.74 Å². The molecular formula is C20H19FN8O2. The second-order valence-electron chi connectivity index (χ2n) is 7.15. The molecule has 11 heteroatoms. The highest BCUT2D eigenvalue weighted by atomic mass is 19.1. The van der Waals surface area contributed by atoms with E-state index in [0.29, 0.717) is 23.2 Å². The van der Waals surface area contributed by atoms with Gasteiger partial charge in [-0.05, 0) is 39.0 Å². The minimum atomic E-state index is -0.593. The maximum atomic E-state index is 13.9. The minimum absolute atomic E-state index is 0.0173. The molecule has 1 aromatic carbocycles. The van der Waals surface area contributed by atoms with Gasteiger partial charge < -0.3 is 14.6 Å². The van der Waals surface area contributed by atoms with Gasteiger partial charge in [-0.1, -0.05) is 0 Å². The van der Waals surface area contributed by atoms with E-state index in [-0.39, 0.29) is 30.2 Å². The number of aromatic nitrogens is 5. The summed E-state index contributed by atoms with van der Waals surface area (Å²) in [6.45, 7) is 5.70. The van der Waals surface area contributed by atoms with E-state index in [1.54, 1.807) is 36.2 Å². The number of nitriles is 1. The van der Waals surface area contributed by atoms with E-state index in [4.69, 9.17) is 10.00 Å². The van der Waals surface area contributed by atoms with Crippen molar-refractivity contribution in [3.05, 3.63) is 53.6 Å². The number of cyclic esters (lactones) is 1. The number of carbonyl (C=O) groups excluding carboxylic acids is 1. The summed E-state index contributed by atoms with van der Waals surface area (Å²) in [5.74, 6) is 0.367. The zero-order chi connectivity index (χ0) is 22.1. The fourth-order valence-corrected chi connectivity index (χ4v) is 3.16. The minimum Gasteiger partial charge on any atom is -0.447 e. The number of imidazole rings is 1. The smallest absolute Gasteiger partial charge is 0.417 e. The Balaban J connectivity index is 1.54. The van der Waals surface area contributed by atoms with Gasteiger partial charge in [0.1, 0.15) is 24.3 Å². The van der Waals surface area contributed by atoms with Crippen molar-refractivity contribution < 1.29 is 13.9 Å². The molecule has 1 N–H and O–H groups in total. The summed E-state index contributed by atoms with van der Waals surface area (Å²) in [6.07, 6.45) is 2.80. The molecule has 158 valence electrons. The molecule has 1 aliphatic heterocycles. The summed E-state index contributed by atoms with van der Waals surface area (Å²) < 4.78 is 20.6. The first kappa shape index (κ1) is 20.2. The van der Waals surface area contributed by atoms with Crippen LogP contribution in [0.2, 0.25) is 0 Å². The van der Waals surface area contributed by atoms with Crippen LogP contribution in [0.3, 0.4) is 0 Å². The quantitative estimate of drug-likeness (QED) is 0.666. The highest BCUT2D eigenvalue weighted by molar-refractivity contribution is 5.88. The summed E-state index contributed by atoms with van der Waals surface area (Å²) in [4.78, 5) is 30.6. The van der Waals surface area contributed by atoms with Crippen LogP contribution < -0.4 is 10.2 Å². The van der Waals surface area contributed by atoms with Crippen LogP contribution in [0.4, 0.5) is 21.1 Å². The molecule has 0 aliphatic carbocycles. The Kier molecular flexibility index (Phi) is 5.21. The third-order valence-electron chi connectivity index (χ3n) is 4.80. The highest BCUT2D eigenvalue weighted by Crippen LogP contribution is 2.22. The topological polar surface area (TPSA) is 122 Å². The molecule has 3 heterocycles. The van der Waals surface area contributed by atoms with Crippen LogP contribution in [0.25, 0.3) is 5.69 Å². The summed E-state index contributed by atoms with van der Waals surface area (Å²) in [7, 11) is 0. The number of carbonyl (C=O) groups is 1. The molecule has 31 heavy (non-hydrogen) atoms. The predicted octanol–water partition coefficient (Wildman–Crippen LogP) is 2.89. The number of ether oxygens (including phenoxy) is 1. The van der Waals surface area contributed by atoms with E-state index >= 15 is 0 Å². The van der Waals surface area contributed by atoms with Crippen LogP contribution in [0.1, 0.15) is 37.0 Å². The average Bonchev–Trinajstić information content (AvgIpc) is 3.34. The van der Waals surface area contributed by atoms with Gasteiger partial charge >= 0.3 is 6.09 Å². The summed E-state index contributed by atoms with van der Waals surface area (Å²) >= 11 is 0. The van der Waals surface area contributed by atoms with Crippen LogP contribution in [0.5, 0.6) is 0 Å². The van der Waals surface area contributed by atoms with E-state index in [1.807, 2.05) is 13.8 Å². The fraction of sp³-hybridized carbons (Fsp3) is 0.300. The molecule has 2 aromatic heterocycles. The number of amides is 1. The van der Waals surface area contributed by atoms with Gasteiger partial charge in [0.2, 0.25) is 11.9 Å². The number of hydrogen-bond donors (Lipinski definition) is 1. The Morgan fingerprint density at radius 1 is 1.35 bits per heavy atom. The lowest BCUT2D eigenvalue weighted by Crippen LogP contribution is -2.33. The Morgan fingerprint density at radius 3 is 2.84 bits per heavy atom. The van der Waals surface area contributed by atoms with Crippen molar-refractivity contribution in [1.82, 2.24) is 24.5 Å². The monoisotopic (exact) mass is 422 g/mol. The lowest BCUT2D eigenvalue weighted by Gasteiger charge is -2.18. The number of nitrogens with one attached hydrogen (secondary N) is 1. The van der Waals surface area contributed by atoms with Crippen LogP contribution in [0.15, 0.2) is 30.7 Å². The van der Waals surface area contributed by atoms with E-state index in [0.717, 1.165) is 0 Å². The normalized spacial score (nSPS) is 16.7. The number of rotatable bonds is 5. The molecule has 3 aromatic rings. The zero-order valence-corrected chi connectivity index (χ0v) is 17.1. The Morgan fingerprint density at radius 2 is 2.16 bits per heavy atom. The number of nitrogens with zero attached hydrogens (tertiary/aromatic N) is 7. The summed E-state index contributed by atoms with van der Waals surface area (Å²) in [5, 5.41) is 12.0. The fourth-order valence-electron chi connectivity index (χ4n) is 3.16. The van der Waals surface area contributed by atoms with Crippen molar-refractivity contribution in [2.45, 2.75) is 32.9 Å². The van der Waals surface area contributed by atoms with Gasteiger partial charge in [0.25, 0.3) is 0 Å². The molecular weight excluding hydrogens is 403 g/mol. The number of halogens is 1. The van der Waals surface area contributed by atoms with Crippen molar-refractivity contribution in [2.24, 2.45) is 0 Å². The lowest BCUT2D eigenvalue weighted by atomic mass is 10.2. The van der Waals surface area contributed by atoms with Crippen LogP contribution in [0, 0.1) is 24.1 Å². The van der Waals surface area contributed by atoms with Gasteiger partial charge in [-0.15, -0.1) is 0 Å². The largest absolute Gasteiger partial charge is 0.447 e. The molecule has 1 saturated heterocycles. The van der Waals surface area contributed by atoms with Gasteiger partial charge in [0, 0.05) is 11.9 Å². The molecule has 1 amide bonds. The molecule has 0 saturated carbocycles. The predicted molar refractivity (Wildman–Crippen MR) is 108 cm³/mol.